The number of thiazole rings is 1. The highest BCUT2D eigenvalue weighted by Crippen LogP contribution is 2.43. The van der Waals surface area contributed by atoms with Crippen LogP contribution in [0.1, 0.15) is 51.4 Å². The highest BCUT2D eigenvalue weighted by atomic mass is 35.5. The van der Waals surface area contributed by atoms with E-state index in [-0.39, 0.29) is 29.2 Å². The average molecular weight is 581 g/mol. The van der Waals surface area contributed by atoms with Crippen molar-refractivity contribution in [3.05, 3.63) is 52.9 Å². The van der Waals surface area contributed by atoms with Crippen LogP contribution in [-0.4, -0.2) is 37.6 Å². The zero-order chi connectivity index (χ0) is 28.0. The van der Waals surface area contributed by atoms with E-state index in [1.165, 1.54) is 0 Å². The third-order valence-electron chi connectivity index (χ3n) is 8.05. The largest absolute Gasteiger partial charge is 0.481 e. The summed E-state index contributed by atoms with van der Waals surface area (Å²) in [6, 6.07) is 9.15. The maximum atomic E-state index is 15.7. The first-order valence-electron chi connectivity index (χ1n) is 13.7. The molecule has 0 spiro atoms. The van der Waals surface area contributed by atoms with Gasteiger partial charge < -0.3 is 9.67 Å². The number of aryl methyl sites for hydroxylation is 1. The molecule has 1 amide bonds. The topological polar surface area (TPSA) is 88.3 Å². The van der Waals surface area contributed by atoms with E-state index in [4.69, 9.17) is 11.6 Å². The summed E-state index contributed by atoms with van der Waals surface area (Å²) in [5.74, 6) is -1.56. The van der Waals surface area contributed by atoms with Crippen LogP contribution in [0.5, 0.6) is 0 Å². The monoisotopic (exact) mass is 580 g/mol. The first kappa shape index (κ1) is 26.9. The number of carbonyl (C=O) groups is 2. The number of halogens is 2. The van der Waals surface area contributed by atoms with E-state index < -0.39 is 17.0 Å². The number of amides is 1. The van der Waals surface area contributed by atoms with E-state index in [1.807, 2.05) is 36.0 Å². The van der Waals surface area contributed by atoms with Gasteiger partial charge in [0.15, 0.2) is 5.13 Å². The molecule has 0 aliphatic heterocycles. The van der Waals surface area contributed by atoms with Crippen LogP contribution in [0.3, 0.4) is 0 Å². The molecule has 3 aromatic heterocycles. The number of carbonyl (C=O) groups excluding carboxylic acids is 1. The number of carboxylic acid groups (broad SMARTS) is 1. The SMILES string of the molecule is Cn1ccc2cc(-c3ccc(Cl)cc3-c3nc(N(C(=O)[C@@H](CC(=O)O)CC4CCCC4)C4CC4)sc3F)cnc21. The molecule has 7 nitrogen and oxygen atoms in total. The lowest BCUT2D eigenvalue weighted by Gasteiger charge is -2.26. The summed E-state index contributed by atoms with van der Waals surface area (Å²) in [5, 5.41) is 10.7. The Morgan fingerprint density at radius 1 is 1.18 bits per heavy atom. The van der Waals surface area contributed by atoms with Crippen LogP contribution >= 0.6 is 22.9 Å². The van der Waals surface area contributed by atoms with Gasteiger partial charge in [0.2, 0.25) is 11.0 Å². The maximum Gasteiger partial charge on any atom is 0.304 e. The van der Waals surface area contributed by atoms with Crippen molar-refractivity contribution in [1.82, 2.24) is 14.5 Å². The lowest BCUT2D eigenvalue weighted by atomic mass is 9.90. The molecule has 2 aliphatic rings. The Balaban J connectivity index is 1.37. The van der Waals surface area contributed by atoms with Gasteiger partial charge in [-0.1, -0.05) is 54.7 Å². The number of benzene rings is 1. The van der Waals surface area contributed by atoms with Gasteiger partial charge in [-0.3, -0.25) is 14.5 Å². The maximum absolute atomic E-state index is 15.7. The van der Waals surface area contributed by atoms with Gasteiger partial charge in [0.05, 0.1) is 6.42 Å². The van der Waals surface area contributed by atoms with E-state index in [0.717, 1.165) is 72.0 Å². The molecule has 1 aromatic carbocycles. The van der Waals surface area contributed by atoms with E-state index >= 15 is 4.39 Å². The molecular weight excluding hydrogens is 551 g/mol. The minimum Gasteiger partial charge on any atom is -0.481 e. The predicted octanol–water partition coefficient (Wildman–Crippen LogP) is 7.32. The number of anilines is 1. The lowest BCUT2D eigenvalue weighted by molar-refractivity contribution is -0.141. The molecule has 1 N–H and O–H groups in total. The van der Waals surface area contributed by atoms with Gasteiger partial charge in [-0.25, -0.2) is 9.97 Å². The van der Waals surface area contributed by atoms with E-state index in [2.05, 4.69) is 9.97 Å². The molecule has 1 atom stereocenters. The van der Waals surface area contributed by atoms with Gasteiger partial charge >= 0.3 is 5.97 Å². The Morgan fingerprint density at radius 2 is 1.95 bits per heavy atom. The molecule has 6 rings (SSSR count). The fourth-order valence-electron chi connectivity index (χ4n) is 5.92. The molecule has 2 aliphatic carbocycles. The molecule has 2 saturated carbocycles. The number of rotatable bonds is 9. The Hall–Kier alpha value is -3.30. The van der Waals surface area contributed by atoms with Crippen molar-refractivity contribution in [2.75, 3.05) is 4.90 Å². The Labute approximate surface area is 240 Å². The zero-order valence-corrected chi connectivity index (χ0v) is 23.7. The molecule has 0 unspecified atom stereocenters. The van der Waals surface area contributed by atoms with Crippen LogP contribution in [0, 0.1) is 17.0 Å². The van der Waals surface area contributed by atoms with Gasteiger partial charge in [-0.15, -0.1) is 0 Å². The second-order valence-corrected chi connectivity index (χ2v) is 12.4. The number of hydrogen-bond acceptors (Lipinski definition) is 5. The van der Waals surface area contributed by atoms with Gasteiger partial charge in [0.25, 0.3) is 0 Å². The fraction of sp³-hybridized carbons (Fsp3) is 0.400. The number of hydrogen-bond donors (Lipinski definition) is 1. The molecule has 10 heteroatoms. The summed E-state index contributed by atoms with van der Waals surface area (Å²) in [7, 11) is 1.93. The molecule has 3 heterocycles. The van der Waals surface area contributed by atoms with Crippen molar-refractivity contribution in [2.45, 2.75) is 57.4 Å². The number of carboxylic acids is 1. The number of aliphatic carboxylic acids is 1. The molecule has 208 valence electrons. The summed E-state index contributed by atoms with van der Waals surface area (Å²) in [6.07, 6.45) is 9.84. The molecule has 0 radical (unpaired) electrons. The number of pyridine rings is 1. The van der Waals surface area contributed by atoms with Crippen LogP contribution < -0.4 is 4.90 Å². The fourth-order valence-corrected chi connectivity index (χ4v) is 6.98. The Morgan fingerprint density at radius 3 is 2.67 bits per heavy atom. The summed E-state index contributed by atoms with van der Waals surface area (Å²) < 4.78 is 17.6. The molecular formula is C30H30ClFN4O3S. The van der Waals surface area contributed by atoms with Crippen molar-refractivity contribution in [2.24, 2.45) is 18.9 Å². The average Bonchev–Trinajstić information content (AvgIpc) is 3.29. The second-order valence-electron chi connectivity index (χ2n) is 11.0. The van der Waals surface area contributed by atoms with Gasteiger partial charge in [0, 0.05) is 52.9 Å². The van der Waals surface area contributed by atoms with Crippen molar-refractivity contribution in [3.8, 4) is 22.4 Å². The van der Waals surface area contributed by atoms with Crippen molar-refractivity contribution in [3.63, 3.8) is 0 Å². The zero-order valence-electron chi connectivity index (χ0n) is 22.1. The summed E-state index contributed by atoms with van der Waals surface area (Å²) in [4.78, 5) is 36.4. The molecule has 0 bridgehead atoms. The van der Waals surface area contributed by atoms with E-state index in [1.54, 1.807) is 23.2 Å². The minimum atomic E-state index is -0.995. The number of aromatic nitrogens is 3. The highest BCUT2D eigenvalue weighted by Gasteiger charge is 2.40. The lowest BCUT2D eigenvalue weighted by Crippen LogP contribution is -2.39. The predicted molar refractivity (Wildman–Crippen MR) is 155 cm³/mol. The standard InChI is InChI=1S/C30H30ClFN4O3S/c1-35-11-10-18-13-20(16-33-28(18)35)23-9-6-21(31)15-24(23)26-27(32)40-30(34-26)36(22-7-8-22)29(39)19(14-25(37)38)12-17-4-2-3-5-17/h6,9-11,13,15-17,19,22H,2-5,7-8,12,14H2,1H3,(H,37,38)/t19-/m1/s1. The molecule has 40 heavy (non-hydrogen) atoms. The summed E-state index contributed by atoms with van der Waals surface area (Å²) in [6.45, 7) is 0. The van der Waals surface area contributed by atoms with Gasteiger partial charge in [0.1, 0.15) is 11.3 Å². The number of fused-ring (bicyclic) bond motifs is 1. The van der Waals surface area contributed by atoms with Crippen LogP contribution in [0.15, 0.2) is 42.7 Å². The van der Waals surface area contributed by atoms with E-state index in [9.17, 15) is 14.7 Å². The molecule has 0 saturated heterocycles. The van der Waals surface area contributed by atoms with Gasteiger partial charge in [-0.2, -0.15) is 4.39 Å². The second kappa shape index (κ2) is 10.9. The number of nitrogens with zero attached hydrogens (tertiary/aromatic N) is 4. The quantitative estimate of drug-likeness (QED) is 0.224. The highest BCUT2D eigenvalue weighted by molar-refractivity contribution is 7.14. The molecule has 4 aromatic rings. The summed E-state index contributed by atoms with van der Waals surface area (Å²) >= 11 is 7.20. The van der Waals surface area contributed by atoms with Crippen molar-refractivity contribution in [1.29, 1.82) is 0 Å². The Bertz CT molecular complexity index is 1590. The normalized spacial score (nSPS) is 16.5. The third-order valence-corrected chi connectivity index (χ3v) is 9.13. The van der Waals surface area contributed by atoms with Crippen LogP contribution in [0.4, 0.5) is 9.52 Å². The van der Waals surface area contributed by atoms with Gasteiger partial charge in [-0.05, 0) is 55.0 Å². The van der Waals surface area contributed by atoms with Crippen molar-refractivity contribution < 1.29 is 19.1 Å². The van der Waals surface area contributed by atoms with Crippen LogP contribution in [0.25, 0.3) is 33.4 Å². The third kappa shape index (κ3) is 5.37. The minimum absolute atomic E-state index is 0.0886. The smallest absolute Gasteiger partial charge is 0.304 e. The first-order chi connectivity index (χ1) is 19.3. The summed E-state index contributed by atoms with van der Waals surface area (Å²) in [5.41, 5.74) is 3.00. The molecule has 2 fully saturated rings. The van der Waals surface area contributed by atoms with E-state index in [0.29, 0.717) is 22.9 Å². The van der Waals surface area contributed by atoms with Crippen LogP contribution in [0.2, 0.25) is 5.02 Å². The van der Waals surface area contributed by atoms with Crippen molar-refractivity contribution >= 4 is 51.0 Å². The Kier molecular flexibility index (Phi) is 7.35. The van der Waals surface area contributed by atoms with Crippen LogP contribution in [-0.2, 0) is 16.6 Å². The first-order valence-corrected chi connectivity index (χ1v) is 14.9.